The highest BCUT2D eigenvalue weighted by atomic mass is 32.2. The van der Waals surface area contributed by atoms with E-state index in [9.17, 15) is 13.2 Å². The van der Waals surface area contributed by atoms with Crippen molar-refractivity contribution in [2.75, 3.05) is 12.3 Å². The van der Waals surface area contributed by atoms with Crippen LogP contribution in [0.4, 0.5) is 4.79 Å². The number of nitrogens with two attached hydrogens (primary N) is 1. The van der Waals surface area contributed by atoms with Gasteiger partial charge in [-0.1, -0.05) is 18.7 Å². The lowest BCUT2D eigenvalue weighted by molar-refractivity contribution is 0.224. The molecular formula is C9H13N3O3S2. The van der Waals surface area contributed by atoms with Crippen LogP contribution in [-0.2, 0) is 16.6 Å². The second-order valence-corrected chi connectivity index (χ2v) is 5.55. The van der Waals surface area contributed by atoms with Gasteiger partial charge in [-0.2, -0.15) is 0 Å². The summed E-state index contributed by atoms with van der Waals surface area (Å²) in [5.74, 6) is -0.292. The summed E-state index contributed by atoms with van der Waals surface area (Å²) in [4.78, 5) is 16.4. The lowest BCUT2D eigenvalue weighted by Crippen LogP contribution is -2.33. The Morgan fingerprint density at radius 2 is 2.24 bits per heavy atom. The minimum Gasteiger partial charge on any atom is -0.328 e. The zero-order valence-electron chi connectivity index (χ0n) is 8.98. The van der Waals surface area contributed by atoms with E-state index < -0.39 is 15.3 Å². The van der Waals surface area contributed by atoms with Crippen molar-refractivity contribution >= 4 is 27.9 Å². The molecule has 0 aliphatic heterocycles. The molecule has 0 bridgehead atoms. The summed E-state index contributed by atoms with van der Waals surface area (Å²) >= 11 is 3.68. The first-order chi connectivity index (χ1) is 7.88. The number of nitrogens with zero attached hydrogens (tertiary/aromatic N) is 2. The van der Waals surface area contributed by atoms with Gasteiger partial charge in [-0.3, -0.25) is 9.78 Å². The molecule has 1 heterocycles. The molecule has 0 spiro atoms. The maximum Gasteiger partial charge on any atom is 0.278 e. The molecule has 8 heteroatoms. The highest BCUT2D eigenvalue weighted by Gasteiger charge is 2.13. The normalized spacial score (nSPS) is 11.2. The maximum absolute atomic E-state index is 11.2. The summed E-state index contributed by atoms with van der Waals surface area (Å²) in [7, 11) is -3.59. The SMILES string of the molecule is NS(=O)(=O)CCN(Cc1cccnc1)C(=O)S. The smallest absolute Gasteiger partial charge is 0.278 e. The molecule has 6 nitrogen and oxygen atoms in total. The molecule has 1 aromatic rings. The molecule has 0 unspecified atom stereocenters. The van der Waals surface area contributed by atoms with Crippen LogP contribution < -0.4 is 5.14 Å². The Labute approximate surface area is 105 Å². The number of sulfonamides is 1. The second kappa shape index (κ2) is 5.99. The first kappa shape index (κ1) is 13.9. The second-order valence-electron chi connectivity index (χ2n) is 3.43. The Kier molecular flexibility index (Phi) is 4.91. The number of amides is 1. The average molecular weight is 275 g/mol. The molecule has 0 saturated heterocycles. The predicted octanol–water partition coefficient (Wildman–Crippen LogP) is 0.222. The third-order valence-electron chi connectivity index (χ3n) is 2.01. The van der Waals surface area contributed by atoms with Crippen LogP contribution in [0.15, 0.2) is 24.5 Å². The fraction of sp³-hybridized carbons (Fsp3) is 0.333. The number of pyridine rings is 1. The van der Waals surface area contributed by atoms with Crippen molar-refractivity contribution in [2.45, 2.75) is 6.54 Å². The Morgan fingerprint density at radius 1 is 1.53 bits per heavy atom. The van der Waals surface area contributed by atoms with Gasteiger partial charge in [0, 0.05) is 25.5 Å². The number of primary sulfonamides is 1. The van der Waals surface area contributed by atoms with E-state index >= 15 is 0 Å². The Balaban J connectivity index is 2.65. The zero-order chi connectivity index (χ0) is 12.9. The summed E-state index contributed by atoms with van der Waals surface area (Å²) in [5, 5.41) is 4.37. The molecule has 1 amide bonds. The Bertz CT molecular complexity index is 476. The van der Waals surface area contributed by atoms with E-state index in [0.29, 0.717) is 0 Å². The van der Waals surface area contributed by atoms with E-state index in [4.69, 9.17) is 5.14 Å². The quantitative estimate of drug-likeness (QED) is 0.752. The fourth-order valence-electron chi connectivity index (χ4n) is 1.19. The Morgan fingerprint density at radius 3 is 2.71 bits per heavy atom. The van der Waals surface area contributed by atoms with Crippen molar-refractivity contribution < 1.29 is 13.2 Å². The molecule has 1 aromatic heterocycles. The van der Waals surface area contributed by atoms with Crippen molar-refractivity contribution in [3.63, 3.8) is 0 Å². The minimum absolute atomic E-state index is 0.00998. The van der Waals surface area contributed by atoms with Gasteiger partial charge in [-0.25, -0.2) is 13.6 Å². The topological polar surface area (TPSA) is 93.4 Å². The van der Waals surface area contributed by atoms with Crippen LogP contribution in [0.3, 0.4) is 0 Å². The maximum atomic E-state index is 11.2. The first-order valence-corrected chi connectivity index (χ1v) is 6.92. The third kappa shape index (κ3) is 5.66. The molecule has 94 valence electrons. The van der Waals surface area contributed by atoms with Crippen LogP contribution in [0.25, 0.3) is 0 Å². The minimum atomic E-state index is -3.59. The molecule has 0 aliphatic rings. The highest BCUT2D eigenvalue weighted by molar-refractivity contribution is 7.96. The molecule has 0 radical (unpaired) electrons. The van der Waals surface area contributed by atoms with E-state index in [1.807, 2.05) is 0 Å². The summed E-state index contributed by atoms with van der Waals surface area (Å²) in [5.41, 5.74) is 0.796. The summed E-state index contributed by atoms with van der Waals surface area (Å²) in [6.45, 7) is 0.266. The number of aromatic nitrogens is 1. The number of rotatable bonds is 5. The molecule has 17 heavy (non-hydrogen) atoms. The lowest BCUT2D eigenvalue weighted by Gasteiger charge is -2.19. The summed E-state index contributed by atoms with van der Waals surface area (Å²) in [6.07, 6.45) is 3.21. The van der Waals surface area contributed by atoms with E-state index in [1.54, 1.807) is 24.5 Å². The van der Waals surface area contributed by atoms with Crippen molar-refractivity contribution in [1.29, 1.82) is 0 Å². The van der Waals surface area contributed by atoms with E-state index in [2.05, 4.69) is 17.6 Å². The van der Waals surface area contributed by atoms with Crippen molar-refractivity contribution in [1.82, 2.24) is 9.88 Å². The molecule has 0 atom stereocenters. The fourth-order valence-corrected chi connectivity index (χ4v) is 1.84. The van der Waals surface area contributed by atoms with Crippen molar-refractivity contribution in [3.05, 3.63) is 30.1 Å². The van der Waals surface area contributed by atoms with Gasteiger partial charge in [0.1, 0.15) is 0 Å². The van der Waals surface area contributed by atoms with Crippen LogP contribution in [0.1, 0.15) is 5.56 Å². The van der Waals surface area contributed by atoms with E-state index in [-0.39, 0.29) is 18.8 Å². The standard InChI is InChI=1S/C9H13N3O3S2/c10-17(14,15)5-4-12(9(13)16)7-8-2-1-3-11-6-8/h1-3,6H,4-5,7H2,(H,13,16)(H2,10,14,15). The van der Waals surface area contributed by atoms with E-state index in [1.165, 1.54) is 4.90 Å². The monoisotopic (exact) mass is 275 g/mol. The number of hydrogen-bond acceptors (Lipinski definition) is 4. The average Bonchev–Trinajstić information content (AvgIpc) is 2.24. The Hall–Kier alpha value is -1.12. The molecule has 2 N–H and O–H groups in total. The van der Waals surface area contributed by atoms with Gasteiger partial charge in [0.2, 0.25) is 10.0 Å². The number of hydrogen-bond donors (Lipinski definition) is 2. The van der Waals surface area contributed by atoms with Crippen LogP contribution >= 0.6 is 12.6 Å². The third-order valence-corrected chi connectivity index (χ3v) is 3.05. The first-order valence-electron chi connectivity index (χ1n) is 4.76. The van der Waals surface area contributed by atoms with Crippen molar-refractivity contribution in [2.24, 2.45) is 5.14 Å². The molecule has 0 aliphatic carbocycles. The molecular weight excluding hydrogens is 262 g/mol. The number of thiol groups is 1. The van der Waals surface area contributed by atoms with Gasteiger partial charge in [0.25, 0.3) is 5.24 Å². The summed E-state index contributed by atoms with van der Waals surface area (Å²) in [6, 6.07) is 3.52. The van der Waals surface area contributed by atoms with Crippen LogP contribution in [0, 0.1) is 0 Å². The highest BCUT2D eigenvalue weighted by Crippen LogP contribution is 2.05. The van der Waals surface area contributed by atoms with Gasteiger partial charge in [-0.15, -0.1) is 0 Å². The van der Waals surface area contributed by atoms with Gasteiger partial charge in [0.15, 0.2) is 0 Å². The van der Waals surface area contributed by atoms with Crippen LogP contribution in [0.2, 0.25) is 0 Å². The van der Waals surface area contributed by atoms with E-state index in [0.717, 1.165) is 5.56 Å². The predicted molar refractivity (Wildman–Crippen MR) is 67.0 cm³/mol. The number of carbonyl (C=O) groups excluding carboxylic acids is 1. The lowest BCUT2D eigenvalue weighted by atomic mass is 10.3. The number of carbonyl (C=O) groups is 1. The zero-order valence-corrected chi connectivity index (χ0v) is 10.7. The van der Waals surface area contributed by atoms with Crippen LogP contribution in [-0.4, -0.2) is 35.8 Å². The summed E-state index contributed by atoms with van der Waals surface area (Å²) < 4.78 is 21.6. The largest absolute Gasteiger partial charge is 0.328 e. The molecule has 0 aromatic carbocycles. The molecule has 0 saturated carbocycles. The van der Waals surface area contributed by atoms with Gasteiger partial charge in [-0.05, 0) is 11.6 Å². The molecule has 0 fully saturated rings. The van der Waals surface area contributed by atoms with Crippen LogP contribution in [0.5, 0.6) is 0 Å². The van der Waals surface area contributed by atoms with Gasteiger partial charge in [0.05, 0.1) is 5.75 Å². The molecule has 1 rings (SSSR count). The van der Waals surface area contributed by atoms with Crippen molar-refractivity contribution in [3.8, 4) is 0 Å². The van der Waals surface area contributed by atoms with Gasteiger partial charge < -0.3 is 4.90 Å². The van der Waals surface area contributed by atoms with Gasteiger partial charge >= 0.3 is 0 Å².